The maximum absolute atomic E-state index is 13.0. The number of morpholine rings is 1. The van der Waals surface area contributed by atoms with Gasteiger partial charge < -0.3 is 19.1 Å². The molecule has 0 atom stereocenters. The van der Waals surface area contributed by atoms with E-state index < -0.39 is 0 Å². The quantitative estimate of drug-likeness (QED) is 0.530. The van der Waals surface area contributed by atoms with E-state index >= 15 is 0 Å². The molecule has 0 aliphatic carbocycles. The average molecular weight is 497 g/mol. The standard InChI is InChI=1S/C26H32N4O4S/c1-32-20-9-11-29(12-10-20)17-18-3-5-19(6-4-18)25(31)28-26-27-23-22(33-2)8-7-21(24(23)35-26)30-13-15-34-16-14-30/h3-8,20H,9-17H2,1-2H3,(H,27,28,31). The molecular weight excluding hydrogens is 464 g/mol. The summed E-state index contributed by atoms with van der Waals surface area (Å²) in [5.41, 5.74) is 3.69. The van der Waals surface area contributed by atoms with Crippen molar-refractivity contribution in [3.05, 3.63) is 47.5 Å². The van der Waals surface area contributed by atoms with Crippen LogP contribution in [0.4, 0.5) is 10.8 Å². The number of hydrogen-bond acceptors (Lipinski definition) is 8. The Labute approximate surface area is 209 Å². The summed E-state index contributed by atoms with van der Waals surface area (Å²) in [5, 5.41) is 3.55. The van der Waals surface area contributed by atoms with Gasteiger partial charge in [0.2, 0.25) is 0 Å². The van der Waals surface area contributed by atoms with E-state index in [1.807, 2.05) is 30.3 Å². The molecule has 0 bridgehead atoms. The van der Waals surface area contributed by atoms with Crippen LogP contribution < -0.4 is 15.0 Å². The van der Waals surface area contributed by atoms with Gasteiger partial charge in [-0.1, -0.05) is 23.5 Å². The molecule has 2 saturated heterocycles. The number of piperidine rings is 1. The maximum atomic E-state index is 13.0. The Balaban J connectivity index is 1.27. The van der Waals surface area contributed by atoms with Gasteiger partial charge in [0.15, 0.2) is 5.13 Å². The summed E-state index contributed by atoms with van der Waals surface area (Å²) in [6.07, 6.45) is 2.51. The third kappa shape index (κ3) is 5.43. The Morgan fingerprint density at radius 2 is 1.83 bits per heavy atom. The van der Waals surface area contributed by atoms with E-state index in [1.165, 1.54) is 16.9 Å². The zero-order valence-electron chi connectivity index (χ0n) is 20.3. The first-order chi connectivity index (χ1) is 17.1. The fraction of sp³-hybridized carbons (Fsp3) is 0.462. The number of carbonyl (C=O) groups excluding carboxylic acids is 1. The number of amides is 1. The third-order valence-electron chi connectivity index (χ3n) is 6.77. The maximum Gasteiger partial charge on any atom is 0.257 e. The molecule has 1 aromatic heterocycles. The van der Waals surface area contributed by atoms with Crippen molar-refractivity contribution in [2.24, 2.45) is 0 Å². The topological polar surface area (TPSA) is 76.2 Å². The van der Waals surface area contributed by atoms with Gasteiger partial charge in [0.25, 0.3) is 5.91 Å². The van der Waals surface area contributed by atoms with Crippen molar-refractivity contribution < 1.29 is 19.0 Å². The molecule has 2 aromatic carbocycles. The smallest absolute Gasteiger partial charge is 0.257 e. The van der Waals surface area contributed by atoms with Crippen LogP contribution in [-0.4, -0.2) is 75.5 Å². The van der Waals surface area contributed by atoms with E-state index in [1.54, 1.807) is 14.2 Å². The molecule has 0 saturated carbocycles. The second kappa shape index (κ2) is 10.9. The number of rotatable bonds is 7. The van der Waals surface area contributed by atoms with Crippen LogP contribution in [-0.2, 0) is 16.0 Å². The van der Waals surface area contributed by atoms with Crippen LogP contribution in [0.15, 0.2) is 36.4 Å². The summed E-state index contributed by atoms with van der Waals surface area (Å²) < 4.78 is 17.5. The molecule has 1 N–H and O–H groups in total. The fourth-order valence-electron chi connectivity index (χ4n) is 4.73. The van der Waals surface area contributed by atoms with E-state index in [9.17, 15) is 4.79 Å². The highest BCUT2D eigenvalue weighted by atomic mass is 32.1. The average Bonchev–Trinajstić information content (AvgIpc) is 3.33. The normalized spacial score (nSPS) is 17.6. The van der Waals surface area contributed by atoms with Gasteiger partial charge >= 0.3 is 0 Å². The van der Waals surface area contributed by atoms with E-state index in [0.29, 0.717) is 35.8 Å². The van der Waals surface area contributed by atoms with Gasteiger partial charge in [-0.3, -0.25) is 15.0 Å². The Bertz CT molecular complexity index is 1150. The number of methoxy groups -OCH3 is 2. The monoisotopic (exact) mass is 496 g/mol. The number of ether oxygens (including phenoxy) is 3. The molecule has 3 aromatic rings. The fourth-order valence-corrected chi connectivity index (χ4v) is 5.75. The number of nitrogens with one attached hydrogen (secondary N) is 1. The highest BCUT2D eigenvalue weighted by molar-refractivity contribution is 7.23. The van der Waals surface area contributed by atoms with Crippen molar-refractivity contribution >= 4 is 38.3 Å². The van der Waals surface area contributed by atoms with Crippen molar-refractivity contribution in [1.82, 2.24) is 9.88 Å². The molecule has 8 nitrogen and oxygen atoms in total. The minimum atomic E-state index is -0.164. The van der Waals surface area contributed by atoms with Gasteiger partial charge in [0, 0.05) is 45.4 Å². The number of aromatic nitrogens is 1. The minimum absolute atomic E-state index is 0.164. The molecule has 5 rings (SSSR count). The molecule has 0 unspecified atom stereocenters. The lowest BCUT2D eigenvalue weighted by molar-refractivity contribution is 0.0388. The molecular formula is C26H32N4O4S. The van der Waals surface area contributed by atoms with Crippen molar-refractivity contribution in [2.75, 3.05) is 63.8 Å². The first-order valence-corrected chi connectivity index (χ1v) is 12.9. The zero-order chi connectivity index (χ0) is 24.2. The Morgan fingerprint density at radius 1 is 1.09 bits per heavy atom. The van der Waals surface area contributed by atoms with Crippen LogP contribution in [0.3, 0.4) is 0 Å². The molecule has 0 radical (unpaired) electrons. The van der Waals surface area contributed by atoms with Gasteiger partial charge in [0.1, 0.15) is 11.3 Å². The summed E-state index contributed by atoms with van der Waals surface area (Å²) in [7, 11) is 3.43. The summed E-state index contributed by atoms with van der Waals surface area (Å²) in [6, 6.07) is 11.9. The molecule has 9 heteroatoms. The molecule has 0 spiro atoms. The van der Waals surface area contributed by atoms with Crippen LogP contribution in [0.1, 0.15) is 28.8 Å². The number of hydrogen-bond donors (Lipinski definition) is 1. The largest absolute Gasteiger partial charge is 0.494 e. The van der Waals surface area contributed by atoms with Gasteiger partial charge in [0.05, 0.1) is 36.8 Å². The number of fused-ring (bicyclic) bond motifs is 1. The van der Waals surface area contributed by atoms with Crippen LogP contribution in [0, 0.1) is 0 Å². The van der Waals surface area contributed by atoms with E-state index in [0.717, 1.165) is 61.5 Å². The van der Waals surface area contributed by atoms with Crippen molar-refractivity contribution in [1.29, 1.82) is 0 Å². The van der Waals surface area contributed by atoms with Crippen molar-refractivity contribution in [3.8, 4) is 5.75 Å². The number of nitrogens with zero attached hydrogens (tertiary/aromatic N) is 3. The van der Waals surface area contributed by atoms with E-state index in [2.05, 4.69) is 21.2 Å². The number of benzene rings is 2. The van der Waals surface area contributed by atoms with Crippen LogP contribution >= 0.6 is 11.3 Å². The zero-order valence-corrected chi connectivity index (χ0v) is 21.1. The lowest BCUT2D eigenvalue weighted by Crippen LogP contribution is -2.36. The number of carbonyl (C=O) groups is 1. The third-order valence-corrected chi connectivity index (χ3v) is 7.76. The first-order valence-electron chi connectivity index (χ1n) is 12.1. The molecule has 3 heterocycles. The summed E-state index contributed by atoms with van der Waals surface area (Å²) in [4.78, 5) is 22.4. The lowest BCUT2D eigenvalue weighted by atomic mass is 10.1. The van der Waals surface area contributed by atoms with Gasteiger partial charge in [-0.2, -0.15) is 0 Å². The van der Waals surface area contributed by atoms with Crippen molar-refractivity contribution in [2.45, 2.75) is 25.5 Å². The highest BCUT2D eigenvalue weighted by Gasteiger charge is 2.21. The molecule has 1 amide bonds. The second-order valence-electron chi connectivity index (χ2n) is 8.95. The van der Waals surface area contributed by atoms with Crippen LogP contribution in [0.25, 0.3) is 10.2 Å². The SMILES string of the molecule is COc1ccc(N2CCOCC2)c2sc(NC(=O)c3ccc(CN4CCC(OC)CC4)cc3)nc12. The molecule has 2 fully saturated rings. The Kier molecular flexibility index (Phi) is 7.48. The molecule has 2 aliphatic heterocycles. The predicted molar refractivity (Wildman–Crippen MR) is 139 cm³/mol. The minimum Gasteiger partial charge on any atom is -0.494 e. The van der Waals surface area contributed by atoms with Gasteiger partial charge in [-0.05, 0) is 42.7 Å². The van der Waals surface area contributed by atoms with E-state index in [-0.39, 0.29) is 5.91 Å². The molecule has 186 valence electrons. The Hall–Kier alpha value is -2.72. The van der Waals surface area contributed by atoms with Crippen molar-refractivity contribution in [3.63, 3.8) is 0 Å². The van der Waals surface area contributed by atoms with Gasteiger partial charge in [-0.25, -0.2) is 4.98 Å². The van der Waals surface area contributed by atoms with Crippen LogP contribution in [0.5, 0.6) is 5.75 Å². The summed E-state index contributed by atoms with van der Waals surface area (Å²) in [5.74, 6) is 0.538. The summed E-state index contributed by atoms with van der Waals surface area (Å²) in [6.45, 7) is 6.03. The second-order valence-corrected chi connectivity index (χ2v) is 9.94. The number of anilines is 2. The van der Waals surface area contributed by atoms with Crippen LogP contribution in [0.2, 0.25) is 0 Å². The lowest BCUT2D eigenvalue weighted by Gasteiger charge is -2.31. The highest BCUT2D eigenvalue weighted by Crippen LogP contribution is 2.39. The molecule has 35 heavy (non-hydrogen) atoms. The Morgan fingerprint density at radius 3 is 2.51 bits per heavy atom. The number of likely N-dealkylation sites (tertiary alicyclic amines) is 1. The first kappa shape index (κ1) is 24.0. The predicted octanol–water partition coefficient (Wildman–Crippen LogP) is 4.00. The number of thiazole rings is 1. The van der Waals surface area contributed by atoms with Gasteiger partial charge in [-0.15, -0.1) is 0 Å². The summed E-state index contributed by atoms with van der Waals surface area (Å²) >= 11 is 1.48. The molecule has 2 aliphatic rings. The van der Waals surface area contributed by atoms with E-state index in [4.69, 9.17) is 19.2 Å².